The number of rotatable bonds is 4. The van der Waals surface area contributed by atoms with Gasteiger partial charge in [-0.3, -0.25) is 0 Å². The topological polar surface area (TPSA) is 12.0 Å². The van der Waals surface area contributed by atoms with Crippen molar-refractivity contribution in [2.24, 2.45) is 0 Å². The lowest BCUT2D eigenvalue weighted by molar-refractivity contribution is 0.590. The summed E-state index contributed by atoms with van der Waals surface area (Å²) in [5, 5.41) is 3.39. The van der Waals surface area contributed by atoms with Gasteiger partial charge in [0.1, 0.15) is 0 Å². The predicted molar refractivity (Wildman–Crippen MR) is 78.5 cm³/mol. The van der Waals surface area contributed by atoms with Crippen molar-refractivity contribution >= 4 is 11.8 Å². The van der Waals surface area contributed by atoms with Gasteiger partial charge in [0.25, 0.3) is 0 Å². The molecule has 1 N–H and O–H groups in total. The molecule has 0 spiro atoms. The quantitative estimate of drug-likeness (QED) is 0.743. The van der Waals surface area contributed by atoms with Crippen molar-refractivity contribution in [1.29, 1.82) is 0 Å². The van der Waals surface area contributed by atoms with Crippen molar-refractivity contribution in [1.82, 2.24) is 0 Å². The first-order chi connectivity index (χ1) is 7.99. The zero-order valence-electron chi connectivity index (χ0n) is 11.4. The van der Waals surface area contributed by atoms with Crippen molar-refractivity contribution in [2.45, 2.75) is 33.1 Å². The van der Waals surface area contributed by atoms with Gasteiger partial charge in [0.05, 0.1) is 0 Å². The lowest BCUT2D eigenvalue weighted by atomic mass is 9.86. The molecule has 1 aromatic rings. The number of hydrogen-bond donors (Lipinski definition) is 1. The van der Waals surface area contributed by atoms with E-state index in [9.17, 15) is 0 Å². The van der Waals surface area contributed by atoms with Crippen molar-refractivity contribution in [3.05, 3.63) is 48.1 Å². The van der Waals surface area contributed by atoms with E-state index in [4.69, 9.17) is 0 Å². The standard InChI is InChI=1S/C16H23N/c1-6-8-11-17-15-10-9-14(16(3,4)5)12-13(15)7-2/h6-10,12,17H,2,11H2,1,3-5H3/b8-6-. The van der Waals surface area contributed by atoms with Gasteiger partial charge in [0.2, 0.25) is 0 Å². The number of allylic oxidation sites excluding steroid dienone is 1. The number of nitrogens with one attached hydrogen (secondary N) is 1. The first-order valence-electron chi connectivity index (χ1n) is 6.11. The van der Waals surface area contributed by atoms with Crippen LogP contribution in [-0.2, 0) is 5.41 Å². The summed E-state index contributed by atoms with van der Waals surface area (Å²) in [4.78, 5) is 0. The lowest BCUT2D eigenvalue weighted by Gasteiger charge is -2.21. The molecule has 0 aromatic heterocycles. The minimum absolute atomic E-state index is 0.180. The maximum Gasteiger partial charge on any atom is 0.0416 e. The molecule has 1 rings (SSSR count). The summed E-state index contributed by atoms with van der Waals surface area (Å²) >= 11 is 0. The van der Waals surface area contributed by atoms with E-state index in [1.807, 2.05) is 19.1 Å². The van der Waals surface area contributed by atoms with Crippen LogP contribution in [0, 0.1) is 0 Å². The molecule has 0 saturated heterocycles. The van der Waals surface area contributed by atoms with Crippen LogP contribution in [0.15, 0.2) is 36.9 Å². The van der Waals surface area contributed by atoms with Gasteiger partial charge in [-0.25, -0.2) is 0 Å². The van der Waals surface area contributed by atoms with E-state index in [0.29, 0.717) is 0 Å². The molecule has 92 valence electrons. The number of hydrogen-bond acceptors (Lipinski definition) is 1. The molecule has 0 fully saturated rings. The summed E-state index contributed by atoms with van der Waals surface area (Å²) < 4.78 is 0. The Kier molecular flexibility index (Phi) is 4.56. The second-order valence-electron chi connectivity index (χ2n) is 5.21. The van der Waals surface area contributed by atoms with Crippen LogP contribution in [0.25, 0.3) is 6.08 Å². The fraction of sp³-hybridized carbons (Fsp3) is 0.375. The molecule has 17 heavy (non-hydrogen) atoms. The zero-order valence-corrected chi connectivity index (χ0v) is 11.4. The van der Waals surface area contributed by atoms with Gasteiger partial charge in [-0.1, -0.05) is 51.6 Å². The zero-order chi connectivity index (χ0) is 12.9. The number of anilines is 1. The minimum Gasteiger partial charge on any atom is -0.381 e. The van der Waals surface area contributed by atoms with E-state index in [1.54, 1.807) is 0 Å². The second kappa shape index (κ2) is 5.72. The molecule has 0 aliphatic heterocycles. The van der Waals surface area contributed by atoms with E-state index >= 15 is 0 Å². The van der Waals surface area contributed by atoms with Gasteiger partial charge in [0, 0.05) is 12.2 Å². The maximum absolute atomic E-state index is 3.88. The Morgan fingerprint density at radius 3 is 2.53 bits per heavy atom. The van der Waals surface area contributed by atoms with E-state index in [1.165, 1.54) is 11.1 Å². The molecule has 1 nitrogen and oxygen atoms in total. The summed E-state index contributed by atoms with van der Waals surface area (Å²) in [6.07, 6.45) is 6.06. The first-order valence-corrected chi connectivity index (χ1v) is 6.11. The highest BCUT2D eigenvalue weighted by molar-refractivity contribution is 5.67. The molecule has 1 aromatic carbocycles. The van der Waals surface area contributed by atoms with E-state index in [2.05, 4.69) is 56.9 Å². The summed E-state index contributed by atoms with van der Waals surface area (Å²) in [5.41, 5.74) is 3.83. The molecule has 0 heterocycles. The van der Waals surface area contributed by atoms with Crippen molar-refractivity contribution in [3.8, 4) is 0 Å². The second-order valence-corrected chi connectivity index (χ2v) is 5.21. The third-order valence-electron chi connectivity index (χ3n) is 2.78. The third kappa shape index (κ3) is 3.77. The molecule has 0 bridgehead atoms. The summed E-state index contributed by atoms with van der Waals surface area (Å²) in [6.45, 7) is 13.4. The molecule has 0 radical (unpaired) electrons. The fourth-order valence-corrected chi connectivity index (χ4v) is 1.65. The molecular weight excluding hydrogens is 206 g/mol. The van der Waals surface area contributed by atoms with Gasteiger partial charge in [-0.2, -0.15) is 0 Å². The highest BCUT2D eigenvalue weighted by Crippen LogP contribution is 2.27. The Balaban J connectivity index is 2.97. The SMILES string of the molecule is C=Cc1cc(C(C)(C)C)ccc1NC/C=C\C. The fourth-order valence-electron chi connectivity index (χ4n) is 1.65. The lowest BCUT2D eigenvalue weighted by Crippen LogP contribution is -2.11. The Morgan fingerprint density at radius 2 is 2.00 bits per heavy atom. The van der Waals surface area contributed by atoms with Gasteiger partial charge >= 0.3 is 0 Å². The molecular formula is C16H23N. The average Bonchev–Trinajstić information content (AvgIpc) is 2.28. The minimum atomic E-state index is 0.180. The maximum atomic E-state index is 3.88. The molecule has 0 aliphatic rings. The highest BCUT2D eigenvalue weighted by Gasteiger charge is 2.14. The van der Waals surface area contributed by atoms with Crippen LogP contribution in [0.5, 0.6) is 0 Å². The van der Waals surface area contributed by atoms with Crippen molar-refractivity contribution < 1.29 is 0 Å². The van der Waals surface area contributed by atoms with Crippen LogP contribution < -0.4 is 5.32 Å². The van der Waals surface area contributed by atoms with Gasteiger partial charge in [-0.15, -0.1) is 0 Å². The van der Waals surface area contributed by atoms with Crippen LogP contribution in [0.1, 0.15) is 38.8 Å². The van der Waals surface area contributed by atoms with Gasteiger partial charge < -0.3 is 5.32 Å². The van der Waals surface area contributed by atoms with Gasteiger partial charge in [-0.05, 0) is 35.6 Å². The molecule has 0 atom stereocenters. The monoisotopic (exact) mass is 229 g/mol. The summed E-state index contributed by atoms with van der Waals surface area (Å²) in [6, 6.07) is 6.54. The van der Waals surface area contributed by atoms with E-state index < -0.39 is 0 Å². The largest absolute Gasteiger partial charge is 0.381 e. The Morgan fingerprint density at radius 1 is 1.29 bits per heavy atom. The van der Waals surface area contributed by atoms with E-state index in [0.717, 1.165) is 12.2 Å². The van der Waals surface area contributed by atoms with Crippen LogP contribution in [0.4, 0.5) is 5.69 Å². The smallest absolute Gasteiger partial charge is 0.0416 e. The Hall–Kier alpha value is -1.50. The van der Waals surface area contributed by atoms with Crippen LogP contribution in [-0.4, -0.2) is 6.54 Å². The van der Waals surface area contributed by atoms with Crippen molar-refractivity contribution in [2.75, 3.05) is 11.9 Å². The normalized spacial score (nSPS) is 11.8. The van der Waals surface area contributed by atoms with Gasteiger partial charge in [0.15, 0.2) is 0 Å². The molecule has 0 saturated carbocycles. The Labute approximate surface area is 105 Å². The molecule has 0 aliphatic carbocycles. The Bertz CT molecular complexity index is 408. The number of benzene rings is 1. The first kappa shape index (κ1) is 13.6. The van der Waals surface area contributed by atoms with Crippen LogP contribution >= 0.6 is 0 Å². The average molecular weight is 229 g/mol. The van der Waals surface area contributed by atoms with Crippen molar-refractivity contribution in [3.63, 3.8) is 0 Å². The molecule has 0 amide bonds. The third-order valence-corrected chi connectivity index (χ3v) is 2.78. The van der Waals surface area contributed by atoms with Crippen LogP contribution in [0.2, 0.25) is 0 Å². The summed E-state index contributed by atoms with van der Waals surface area (Å²) in [7, 11) is 0. The molecule has 1 heteroatoms. The van der Waals surface area contributed by atoms with Crippen LogP contribution in [0.3, 0.4) is 0 Å². The van der Waals surface area contributed by atoms with E-state index in [-0.39, 0.29) is 5.41 Å². The molecule has 0 unspecified atom stereocenters. The summed E-state index contributed by atoms with van der Waals surface area (Å²) in [5.74, 6) is 0. The highest BCUT2D eigenvalue weighted by atomic mass is 14.9. The predicted octanol–water partition coefficient (Wildman–Crippen LogP) is 4.62.